The van der Waals surface area contributed by atoms with E-state index in [9.17, 15) is 4.79 Å². The molecule has 32 heavy (non-hydrogen) atoms. The molecule has 0 bridgehead atoms. The molecule has 2 aromatic carbocycles. The number of pyridine rings is 1. The summed E-state index contributed by atoms with van der Waals surface area (Å²) >= 11 is 1.35. The number of hydrogen-bond acceptors (Lipinski definition) is 7. The van der Waals surface area contributed by atoms with Crippen molar-refractivity contribution < 1.29 is 0 Å². The van der Waals surface area contributed by atoms with Gasteiger partial charge in [0.2, 0.25) is 0 Å². The van der Waals surface area contributed by atoms with E-state index in [1.165, 1.54) is 22.4 Å². The maximum absolute atomic E-state index is 12.5. The van der Waals surface area contributed by atoms with Crippen molar-refractivity contribution in [3.05, 3.63) is 113 Å². The zero-order valence-corrected chi connectivity index (χ0v) is 18.1. The fraction of sp³-hybridized carbons (Fsp3) is 0.0833. The van der Waals surface area contributed by atoms with Gasteiger partial charge in [-0.25, -0.2) is 9.98 Å². The second-order valence-corrected chi connectivity index (χ2v) is 7.81. The maximum atomic E-state index is 12.5. The Labute approximate surface area is 189 Å². The molecule has 0 N–H and O–H groups in total. The Kier molecular flexibility index (Phi) is 6.94. The Morgan fingerprint density at radius 2 is 1.66 bits per heavy atom. The van der Waals surface area contributed by atoms with Gasteiger partial charge in [0.05, 0.1) is 5.69 Å². The Bertz CT molecular complexity index is 1270. The first-order valence-electron chi connectivity index (χ1n) is 9.89. The van der Waals surface area contributed by atoms with E-state index in [1.54, 1.807) is 25.7 Å². The van der Waals surface area contributed by atoms with Gasteiger partial charge in [0.25, 0.3) is 5.56 Å². The molecule has 0 saturated carbocycles. The van der Waals surface area contributed by atoms with Crippen molar-refractivity contribution in [2.24, 2.45) is 22.3 Å². The summed E-state index contributed by atoms with van der Waals surface area (Å²) in [4.78, 5) is 25.5. The zero-order chi connectivity index (χ0) is 22.2. The van der Waals surface area contributed by atoms with Crippen LogP contribution >= 0.6 is 11.8 Å². The lowest BCUT2D eigenvalue weighted by Crippen LogP contribution is -2.18. The van der Waals surface area contributed by atoms with Crippen LogP contribution in [0.5, 0.6) is 0 Å². The highest BCUT2D eigenvalue weighted by atomic mass is 32.2. The molecule has 1 unspecified atom stereocenters. The van der Waals surface area contributed by atoms with Gasteiger partial charge >= 0.3 is 0 Å². The van der Waals surface area contributed by atoms with Crippen molar-refractivity contribution in [2.45, 2.75) is 10.5 Å². The average Bonchev–Trinajstić information content (AvgIpc) is 2.85. The highest BCUT2D eigenvalue weighted by Crippen LogP contribution is 2.36. The third-order valence-electron chi connectivity index (χ3n) is 4.47. The summed E-state index contributed by atoms with van der Waals surface area (Å²) in [6.45, 7) is 0. The van der Waals surface area contributed by atoms with Gasteiger partial charge in [0.1, 0.15) is 5.37 Å². The Balaban J connectivity index is 1.65. The summed E-state index contributed by atoms with van der Waals surface area (Å²) in [6.07, 6.45) is 5.02. The molecule has 4 rings (SSSR count). The number of azo groups is 1. The van der Waals surface area contributed by atoms with Crippen molar-refractivity contribution in [1.29, 1.82) is 0 Å². The number of benzene rings is 2. The lowest BCUT2D eigenvalue weighted by molar-refractivity contribution is 0.706. The molecule has 0 radical (unpaired) electrons. The van der Waals surface area contributed by atoms with Gasteiger partial charge in [-0.3, -0.25) is 14.3 Å². The predicted octanol–water partition coefficient (Wildman–Crippen LogP) is 5.50. The summed E-state index contributed by atoms with van der Waals surface area (Å²) in [7, 11) is 1.68. The quantitative estimate of drug-likeness (QED) is 0.164. The van der Waals surface area contributed by atoms with Crippen LogP contribution < -0.4 is 5.56 Å². The van der Waals surface area contributed by atoms with E-state index in [0.29, 0.717) is 11.0 Å². The SMILES string of the molecule is Cn1c(SC(N=Nc2ccccc2)c2ccccc2)nc(/N=C\c2ccncc2)cc1=O. The Morgan fingerprint density at radius 1 is 0.969 bits per heavy atom. The van der Waals surface area contributed by atoms with Crippen LogP contribution in [0.1, 0.15) is 16.5 Å². The first-order chi connectivity index (χ1) is 15.7. The van der Waals surface area contributed by atoms with Gasteiger partial charge in [0, 0.05) is 31.7 Å². The van der Waals surface area contributed by atoms with Crippen molar-refractivity contribution in [3.63, 3.8) is 0 Å². The summed E-state index contributed by atoms with van der Waals surface area (Å²) in [5, 5.41) is 9.04. The van der Waals surface area contributed by atoms with Crippen molar-refractivity contribution in [2.75, 3.05) is 0 Å². The molecular weight excluding hydrogens is 420 g/mol. The van der Waals surface area contributed by atoms with Gasteiger partial charge in [0.15, 0.2) is 11.0 Å². The molecule has 0 fully saturated rings. The van der Waals surface area contributed by atoms with E-state index in [-0.39, 0.29) is 10.9 Å². The lowest BCUT2D eigenvalue weighted by atomic mass is 10.2. The predicted molar refractivity (Wildman–Crippen MR) is 127 cm³/mol. The molecule has 4 aromatic rings. The van der Waals surface area contributed by atoms with E-state index in [0.717, 1.165) is 16.8 Å². The number of thioether (sulfide) groups is 1. The molecule has 158 valence electrons. The van der Waals surface area contributed by atoms with E-state index >= 15 is 0 Å². The van der Waals surface area contributed by atoms with Gasteiger partial charge in [-0.1, -0.05) is 60.3 Å². The number of nitrogens with zero attached hydrogens (tertiary/aromatic N) is 6. The monoisotopic (exact) mass is 440 g/mol. The highest BCUT2D eigenvalue weighted by molar-refractivity contribution is 7.99. The Hall–Kier alpha value is -3.91. The maximum Gasteiger partial charge on any atom is 0.256 e. The number of rotatable bonds is 7. The smallest absolute Gasteiger partial charge is 0.256 e. The van der Waals surface area contributed by atoms with Crippen LogP contribution in [0.15, 0.2) is 116 Å². The standard InChI is InChI=1S/C24H20N6OS/c1-30-22(31)16-21(26-17-18-12-14-25-15-13-18)27-24(30)32-23(19-8-4-2-5-9-19)29-28-20-10-6-3-7-11-20/h2-17,23H,1H3/b26-17-,29-28?. The Morgan fingerprint density at radius 3 is 2.38 bits per heavy atom. The summed E-state index contributed by atoms with van der Waals surface area (Å²) < 4.78 is 1.49. The van der Waals surface area contributed by atoms with Crippen LogP contribution in [0.2, 0.25) is 0 Å². The van der Waals surface area contributed by atoms with Gasteiger partial charge in [-0.2, -0.15) is 10.2 Å². The first-order valence-corrected chi connectivity index (χ1v) is 10.8. The number of aromatic nitrogens is 3. The largest absolute Gasteiger partial charge is 0.291 e. The van der Waals surface area contributed by atoms with Crippen molar-refractivity contribution in [3.8, 4) is 0 Å². The fourth-order valence-electron chi connectivity index (χ4n) is 2.76. The molecule has 0 saturated heterocycles. The van der Waals surface area contributed by atoms with Crippen LogP contribution in [-0.2, 0) is 7.05 Å². The van der Waals surface area contributed by atoms with Gasteiger partial charge in [-0.05, 0) is 35.4 Å². The summed E-state index contributed by atoms with van der Waals surface area (Å²) in [6, 6.07) is 24.4. The minimum absolute atomic E-state index is 0.198. The van der Waals surface area contributed by atoms with Crippen LogP contribution in [-0.4, -0.2) is 20.7 Å². The molecular formula is C24H20N6OS. The molecule has 8 heteroatoms. The van der Waals surface area contributed by atoms with E-state index in [4.69, 9.17) is 0 Å². The second-order valence-electron chi connectivity index (χ2n) is 6.76. The van der Waals surface area contributed by atoms with Crippen LogP contribution in [0, 0.1) is 0 Å². The highest BCUT2D eigenvalue weighted by Gasteiger charge is 2.16. The lowest BCUT2D eigenvalue weighted by Gasteiger charge is -2.13. The molecule has 1 atom stereocenters. The molecule has 0 spiro atoms. The normalized spacial score (nSPS) is 12.4. The molecule has 0 aliphatic rings. The minimum atomic E-state index is -0.381. The molecule has 0 amide bonds. The molecule has 7 nitrogen and oxygen atoms in total. The third kappa shape index (κ3) is 5.61. The van der Waals surface area contributed by atoms with Crippen molar-refractivity contribution in [1.82, 2.24) is 14.5 Å². The van der Waals surface area contributed by atoms with Crippen molar-refractivity contribution >= 4 is 29.5 Å². The number of aliphatic imine (C=N–C) groups is 1. The minimum Gasteiger partial charge on any atom is -0.291 e. The van der Waals surface area contributed by atoms with Crippen LogP contribution in [0.3, 0.4) is 0 Å². The van der Waals surface area contributed by atoms with E-state index in [2.05, 4.69) is 25.2 Å². The molecule has 0 aliphatic heterocycles. The zero-order valence-electron chi connectivity index (χ0n) is 17.3. The first kappa shape index (κ1) is 21.3. The topological polar surface area (TPSA) is 84.9 Å². The van der Waals surface area contributed by atoms with E-state index < -0.39 is 0 Å². The van der Waals surface area contributed by atoms with Gasteiger partial charge in [-0.15, -0.1) is 0 Å². The summed E-state index contributed by atoms with van der Waals surface area (Å²) in [5.41, 5.74) is 2.38. The molecule has 0 aliphatic carbocycles. The number of hydrogen-bond donors (Lipinski definition) is 0. The molecule has 2 heterocycles. The second kappa shape index (κ2) is 10.4. The summed E-state index contributed by atoms with van der Waals surface area (Å²) in [5.74, 6) is 0.333. The van der Waals surface area contributed by atoms with E-state index in [1.807, 2.05) is 72.8 Å². The van der Waals surface area contributed by atoms with Crippen LogP contribution in [0.4, 0.5) is 11.5 Å². The molecule has 2 aromatic heterocycles. The third-order valence-corrected chi connectivity index (χ3v) is 5.63. The fourth-order valence-corrected chi connectivity index (χ4v) is 3.74. The van der Waals surface area contributed by atoms with Crippen LogP contribution in [0.25, 0.3) is 0 Å². The average molecular weight is 441 g/mol. The van der Waals surface area contributed by atoms with Gasteiger partial charge < -0.3 is 0 Å².